The fraction of sp³-hybridized carbons (Fsp3) is 0.533. The van der Waals surface area contributed by atoms with Gasteiger partial charge in [-0.15, -0.1) is 0 Å². The Labute approximate surface area is 108 Å². The molecule has 1 fully saturated rings. The molecule has 0 spiro atoms. The van der Waals surface area contributed by atoms with E-state index in [0.29, 0.717) is 12.5 Å². The zero-order valence-corrected chi connectivity index (χ0v) is 10.6. The molecule has 0 saturated heterocycles. The second-order valence-electron chi connectivity index (χ2n) is 5.00. The van der Waals surface area contributed by atoms with Gasteiger partial charge in [-0.3, -0.25) is 4.79 Å². The average molecular weight is 247 g/mol. The van der Waals surface area contributed by atoms with Crippen molar-refractivity contribution in [3.05, 3.63) is 35.9 Å². The lowest BCUT2D eigenvalue weighted by Gasteiger charge is -2.30. The third-order valence-electron chi connectivity index (χ3n) is 3.76. The fourth-order valence-electron chi connectivity index (χ4n) is 2.64. The van der Waals surface area contributed by atoms with Crippen molar-refractivity contribution in [1.29, 1.82) is 0 Å². The molecule has 0 aliphatic heterocycles. The van der Waals surface area contributed by atoms with Crippen LogP contribution in [-0.2, 0) is 0 Å². The lowest BCUT2D eigenvalue weighted by molar-refractivity contribution is 0.0966. The van der Waals surface area contributed by atoms with Gasteiger partial charge in [-0.05, 0) is 18.8 Å². The predicted octanol–water partition coefficient (Wildman–Crippen LogP) is 2.01. The van der Waals surface area contributed by atoms with Crippen LogP contribution in [0.25, 0.3) is 0 Å². The molecule has 2 N–H and O–H groups in total. The Morgan fingerprint density at radius 1 is 1.22 bits per heavy atom. The molecular formula is C15H21NO2. The normalized spacial score (nSPS) is 23.8. The lowest BCUT2D eigenvalue weighted by atomic mass is 9.85. The summed E-state index contributed by atoms with van der Waals surface area (Å²) < 4.78 is 0. The minimum Gasteiger partial charge on any atom is -0.396 e. The molecule has 1 aliphatic carbocycles. The van der Waals surface area contributed by atoms with E-state index in [0.717, 1.165) is 18.4 Å². The molecule has 18 heavy (non-hydrogen) atoms. The zero-order valence-electron chi connectivity index (χ0n) is 10.6. The van der Waals surface area contributed by atoms with Crippen LogP contribution >= 0.6 is 0 Å². The third kappa shape index (κ3) is 3.40. The number of benzene rings is 1. The van der Waals surface area contributed by atoms with E-state index in [1.165, 1.54) is 12.8 Å². The quantitative estimate of drug-likeness (QED) is 0.783. The molecule has 1 aromatic carbocycles. The Kier molecular flexibility index (Phi) is 4.90. The van der Waals surface area contributed by atoms with Crippen LogP contribution < -0.4 is 5.32 Å². The van der Waals surface area contributed by atoms with Crippen molar-refractivity contribution in [3.8, 4) is 0 Å². The van der Waals surface area contributed by atoms with Gasteiger partial charge in [-0.1, -0.05) is 43.2 Å². The van der Waals surface area contributed by atoms with E-state index in [1.807, 2.05) is 30.3 Å². The summed E-state index contributed by atoms with van der Waals surface area (Å²) in [6.07, 6.45) is 4.50. The van der Waals surface area contributed by atoms with Gasteiger partial charge in [0.15, 0.2) is 5.78 Å². The largest absolute Gasteiger partial charge is 0.396 e. The fourth-order valence-corrected chi connectivity index (χ4v) is 2.64. The summed E-state index contributed by atoms with van der Waals surface area (Å²) in [6.45, 7) is 0.586. The SMILES string of the molecule is O=C(CN[C@@H]1CCCC[C@H]1CO)c1ccccc1. The molecule has 3 nitrogen and oxygen atoms in total. The first kappa shape index (κ1) is 13.2. The smallest absolute Gasteiger partial charge is 0.176 e. The number of Topliss-reactive ketones (excluding diaryl/α,β-unsaturated/α-hetero) is 1. The molecule has 3 heteroatoms. The molecule has 1 saturated carbocycles. The summed E-state index contributed by atoms with van der Waals surface area (Å²) in [4.78, 5) is 12.0. The van der Waals surface area contributed by atoms with Crippen molar-refractivity contribution >= 4 is 5.78 Å². The molecule has 98 valence electrons. The van der Waals surface area contributed by atoms with Crippen LogP contribution in [0.3, 0.4) is 0 Å². The average Bonchev–Trinajstić information content (AvgIpc) is 2.46. The van der Waals surface area contributed by atoms with Crippen LogP contribution in [-0.4, -0.2) is 30.1 Å². The van der Waals surface area contributed by atoms with Crippen LogP contribution in [0.5, 0.6) is 0 Å². The Morgan fingerprint density at radius 2 is 1.94 bits per heavy atom. The number of rotatable bonds is 5. The number of hydrogen-bond acceptors (Lipinski definition) is 3. The van der Waals surface area contributed by atoms with Crippen molar-refractivity contribution in [2.45, 2.75) is 31.7 Å². The number of hydrogen-bond donors (Lipinski definition) is 2. The number of carbonyl (C=O) groups excluding carboxylic acids is 1. The molecule has 0 amide bonds. The minimum absolute atomic E-state index is 0.123. The van der Waals surface area contributed by atoms with Gasteiger partial charge in [0.25, 0.3) is 0 Å². The number of carbonyl (C=O) groups is 1. The summed E-state index contributed by atoms with van der Waals surface area (Å²) >= 11 is 0. The maximum atomic E-state index is 12.0. The molecule has 0 heterocycles. The van der Waals surface area contributed by atoms with Crippen molar-refractivity contribution < 1.29 is 9.90 Å². The Morgan fingerprint density at radius 3 is 2.67 bits per heavy atom. The van der Waals surface area contributed by atoms with Gasteiger partial charge in [-0.25, -0.2) is 0 Å². The summed E-state index contributed by atoms with van der Waals surface area (Å²) in [6, 6.07) is 9.64. The molecular weight excluding hydrogens is 226 g/mol. The Hall–Kier alpha value is -1.19. The maximum absolute atomic E-state index is 12.0. The minimum atomic E-state index is 0.123. The topological polar surface area (TPSA) is 49.3 Å². The van der Waals surface area contributed by atoms with Gasteiger partial charge in [0, 0.05) is 18.2 Å². The zero-order chi connectivity index (χ0) is 12.8. The second-order valence-corrected chi connectivity index (χ2v) is 5.00. The molecule has 0 aromatic heterocycles. The lowest BCUT2D eigenvalue weighted by Crippen LogP contribution is -2.42. The first-order valence-corrected chi connectivity index (χ1v) is 6.73. The summed E-state index contributed by atoms with van der Waals surface area (Å²) in [5.74, 6) is 0.431. The molecule has 0 bridgehead atoms. The van der Waals surface area contributed by atoms with Crippen molar-refractivity contribution in [3.63, 3.8) is 0 Å². The van der Waals surface area contributed by atoms with Crippen LogP contribution in [0.2, 0.25) is 0 Å². The first-order valence-electron chi connectivity index (χ1n) is 6.73. The van der Waals surface area contributed by atoms with E-state index in [-0.39, 0.29) is 18.4 Å². The monoisotopic (exact) mass is 247 g/mol. The Bertz CT molecular complexity index is 377. The van der Waals surface area contributed by atoms with Crippen molar-refractivity contribution in [2.24, 2.45) is 5.92 Å². The number of nitrogens with one attached hydrogen (secondary N) is 1. The summed E-state index contributed by atoms with van der Waals surface area (Å²) in [5.41, 5.74) is 0.751. The van der Waals surface area contributed by atoms with Gasteiger partial charge < -0.3 is 10.4 Å². The van der Waals surface area contributed by atoms with Gasteiger partial charge in [0.1, 0.15) is 0 Å². The van der Waals surface area contributed by atoms with Gasteiger partial charge >= 0.3 is 0 Å². The summed E-state index contributed by atoms with van der Waals surface area (Å²) in [7, 11) is 0. The van der Waals surface area contributed by atoms with E-state index in [1.54, 1.807) is 0 Å². The number of aliphatic hydroxyl groups excluding tert-OH is 1. The van der Waals surface area contributed by atoms with E-state index in [4.69, 9.17) is 0 Å². The summed E-state index contributed by atoms with van der Waals surface area (Å²) in [5, 5.41) is 12.6. The highest BCUT2D eigenvalue weighted by Crippen LogP contribution is 2.23. The Balaban J connectivity index is 1.85. The molecule has 0 radical (unpaired) electrons. The van der Waals surface area contributed by atoms with E-state index < -0.39 is 0 Å². The highest BCUT2D eigenvalue weighted by atomic mass is 16.3. The molecule has 1 aliphatic rings. The van der Waals surface area contributed by atoms with Gasteiger partial charge in [-0.2, -0.15) is 0 Å². The van der Waals surface area contributed by atoms with E-state index >= 15 is 0 Å². The van der Waals surface area contributed by atoms with Crippen LogP contribution in [0, 0.1) is 5.92 Å². The molecule has 1 aromatic rings. The molecule has 0 unspecified atom stereocenters. The first-order chi connectivity index (χ1) is 8.81. The molecule has 2 rings (SSSR count). The van der Waals surface area contributed by atoms with Gasteiger partial charge in [0.05, 0.1) is 6.54 Å². The van der Waals surface area contributed by atoms with Gasteiger partial charge in [0.2, 0.25) is 0 Å². The van der Waals surface area contributed by atoms with E-state index in [9.17, 15) is 9.90 Å². The predicted molar refractivity (Wildman–Crippen MR) is 71.6 cm³/mol. The second kappa shape index (κ2) is 6.66. The van der Waals surface area contributed by atoms with Crippen molar-refractivity contribution in [1.82, 2.24) is 5.32 Å². The third-order valence-corrected chi connectivity index (χ3v) is 3.76. The highest BCUT2D eigenvalue weighted by molar-refractivity contribution is 5.97. The number of aliphatic hydroxyl groups is 1. The van der Waals surface area contributed by atoms with E-state index in [2.05, 4.69) is 5.32 Å². The molecule has 2 atom stereocenters. The number of ketones is 1. The standard InChI is InChI=1S/C15H21NO2/c17-11-13-8-4-5-9-14(13)16-10-15(18)12-6-2-1-3-7-12/h1-3,6-7,13-14,16-17H,4-5,8-11H2/t13-,14+/m0/s1. The van der Waals surface area contributed by atoms with Crippen LogP contribution in [0.4, 0.5) is 0 Å². The van der Waals surface area contributed by atoms with Crippen molar-refractivity contribution in [2.75, 3.05) is 13.2 Å². The van der Waals surface area contributed by atoms with Crippen LogP contribution in [0.1, 0.15) is 36.0 Å². The highest BCUT2D eigenvalue weighted by Gasteiger charge is 2.24. The van der Waals surface area contributed by atoms with Crippen LogP contribution in [0.15, 0.2) is 30.3 Å². The maximum Gasteiger partial charge on any atom is 0.176 e.